The van der Waals surface area contributed by atoms with Crippen LogP contribution in [0.25, 0.3) is 0 Å². The largest absolute Gasteiger partial charge is 0.493 e. The van der Waals surface area contributed by atoms with Crippen molar-refractivity contribution in [2.24, 2.45) is 5.84 Å². The predicted octanol–water partition coefficient (Wildman–Crippen LogP) is -0.539. The fourth-order valence-corrected chi connectivity index (χ4v) is 2.51. The van der Waals surface area contributed by atoms with E-state index in [9.17, 15) is 8.42 Å². The van der Waals surface area contributed by atoms with E-state index in [0.717, 1.165) is 6.26 Å². The van der Waals surface area contributed by atoms with Gasteiger partial charge in [0.05, 0.1) is 30.8 Å². The molecular weight excluding hydrogens is 244 g/mol. The lowest BCUT2D eigenvalue weighted by molar-refractivity contribution is 0.396. The number of hydrogen-bond acceptors (Lipinski definition) is 6. The molecule has 0 aliphatic heterocycles. The maximum Gasteiger partial charge on any atom is 0.161 e. The minimum atomic E-state index is -3.15. The third-order valence-corrected chi connectivity index (χ3v) is 3.30. The third-order valence-electron chi connectivity index (χ3n) is 2.37. The first kappa shape index (κ1) is 13.9. The molecule has 0 aliphatic carbocycles. The van der Waals surface area contributed by atoms with E-state index in [-0.39, 0.29) is 5.75 Å². The van der Waals surface area contributed by atoms with Crippen molar-refractivity contribution in [3.05, 3.63) is 11.9 Å². The highest BCUT2D eigenvalue weighted by atomic mass is 32.2. The Kier molecular flexibility index (Phi) is 4.49. The number of methoxy groups -OCH3 is 1. The summed E-state index contributed by atoms with van der Waals surface area (Å²) in [5, 5.41) is 4.11. The van der Waals surface area contributed by atoms with Crippen LogP contribution < -0.4 is 16.0 Å². The van der Waals surface area contributed by atoms with Crippen molar-refractivity contribution in [1.82, 2.24) is 15.2 Å². The van der Waals surface area contributed by atoms with Gasteiger partial charge in [-0.25, -0.2) is 8.42 Å². The number of aromatic nitrogens is 2. The van der Waals surface area contributed by atoms with Crippen LogP contribution in [0.15, 0.2) is 6.20 Å². The fourth-order valence-electron chi connectivity index (χ4n) is 1.65. The van der Waals surface area contributed by atoms with Crippen LogP contribution >= 0.6 is 0 Å². The molecule has 1 atom stereocenters. The van der Waals surface area contributed by atoms with Crippen LogP contribution in [0.4, 0.5) is 0 Å². The van der Waals surface area contributed by atoms with Crippen LogP contribution in [0.1, 0.15) is 18.7 Å². The van der Waals surface area contributed by atoms with Crippen LogP contribution in [-0.2, 0) is 16.4 Å². The van der Waals surface area contributed by atoms with Crippen molar-refractivity contribution in [3.63, 3.8) is 0 Å². The normalized spacial score (nSPS) is 13.6. The van der Waals surface area contributed by atoms with Gasteiger partial charge in [-0.2, -0.15) is 5.10 Å². The molecule has 0 aliphatic rings. The van der Waals surface area contributed by atoms with Gasteiger partial charge < -0.3 is 4.74 Å². The van der Waals surface area contributed by atoms with E-state index >= 15 is 0 Å². The monoisotopic (exact) mass is 262 g/mol. The summed E-state index contributed by atoms with van der Waals surface area (Å²) in [6.07, 6.45) is 2.71. The van der Waals surface area contributed by atoms with Gasteiger partial charge in [0.15, 0.2) is 5.75 Å². The number of nitrogens with two attached hydrogens (primary N) is 1. The molecule has 1 aromatic rings. The number of hydrazine groups is 1. The molecule has 0 saturated carbocycles. The van der Waals surface area contributed by atoms with Crippen molar-refractivity contribution >= 4 is 9.84 Å². The molecule has 1 heterocycles. The highest BCUT2D eigenvalue weighted by Gasteiger charge is 2.24. The van der Waals surface area contributed by atoms with Gasteiger partial charge in [0.25, 0.3) is 0 Å². The SMILES string of the molecule is CCn1ncc(OC)c1C(CS(C)(=O)=O)NN. The van der Waals surface area contributed by atoms with Gasteiger partial charge in [0.2, 0.25) is 0 Å². The van der Waals surface area contributed by atoms with E-state index in [4.69, 9.17) is 10.6 Å². The van der Waals surface area contributed by atoms with E-state index in [1.807, 2.05) is 6.92 Å². The first-order chi connectivity index (χ1) is 7.92. The minimum Gasteiger partial charge on any atom is -0.493 e. The fraction of sp³-hybridized carbons (Fsp3) is 0.667. The lowest BCUT2D eigenvalue weighted by atomic mass is 10.2. The average molecular weight is 262 g/mol. The zero-order chi connectivity index (χ0) is 13.1. The van der Waals surface area contributed by atoms with Crippen LogP contribution in [0.3, 0.4) is 0 Å². The van der Waals surface area contributed by atoms with Gasteiger partial charge in [-0.05, 0) is 6.92 Å². The molecule has 0 spiro atoms. The van der Waals surface area contributed by atoms with Crippen LogP contribution in [-0.4, -0.2) is 37.3 Å². The standard InChI is InChI=1S/C9H18N4O3S/c1-4-13-9(8(16-2)5-11-13)7(12-10)6-17(3,14)15/h5,7,12H,4,6,10H2,1-3H3. The first-order valence-corrected chi connectivity index (χ1v) is 7.22. The Balaban J connectivity index is 3.13. The molecule has 0 amide bonds. The lowest BCUT2D eigenvalue weighted by Crippen LogP contribution is -2.34. The van der Waals surface area contributed by atoms with Crippen molar-refractivity contribution in [1.29, 1.82) is 0 Å². The van der Waals surface area contributed by atoms with E-state index in [1.54, 1.807) is 10.9 Å². The first-order valence-electron chi connectivity index (χ1n) is 5.16. The topological polar surface area (TPSA) is 99.2 Å². The van der Waals surface area contributed by atoms with Gasteiger partial charge in [0, 0.05) is 12.8 Å². The predicted molar refractivity (Wildman–Crippen MR) is 64.2 cm³/mol. The number of ether oxygens (including phenoxy) is 1. The van der Waals surface area contributed by atoms with Crippen LogP contribution in [0, 0.1) is 0 Å². The second-order valence-corrected chi connectivity index (χ2v) is 5.91. The van der Waals surface area contributed by atoms with Gasteiger partial charge in [-0.1, -0.05) is 0 Å². The van der Waals surface area contributed by atoms with Crippen LogP contribution in [0.2, 0.25) is 0 Å². The van der Waals surface area contributed by atoms with Crippen molar-refractivity contribution in [3.8, 4) is 5.75 Å². The number of nitrogens with one attached hydrogen (secondary N) is 1. The highest BCUT2D eigenvalue weighted by Crippen LogP contribution is 2.25. The average Bonchev–Trinajstić information content (AvgIpc) is 2.67. The molecule has 0 aromatic carbocycles. The maximum absolute atomic E-state index is 11.3. The smallest absolute Gasteiger partial charge is 0.161 e. The molecule has 0 radical (unpaired) electrons. The Morgan fingerprint density at radius 2 is 2.29 bits per heavy atom. The highest BCUT2D eigenvalue weighted by molar-refractivity contribution is 7.90. The Hall–Kier alpha value is -1.12. The molecule has 0 bridgehead atoms. The summed E-state index contributed by atoms with van der Waals surface area (Å²) in [7, 11) is -1.64. The molecule has 1 unspecified atom stereocenters. The van der Waals surface area contributed by atoms with Gasteiger partial charge >= 0.3 is 0 Å². The quantitative estimate of drug-likeness (QED) is 0.527. The summed E-state index contributed by atoms with van der Waals surface area (Å²) >= 11 is 0. The van der Waals surface area contributed by atoms with E-state index < -0.39 is 15.9 Å². The summed E-state index contributed by atoms with van der Waals surface area (Å²) in [6, 6.07) is -0.539. The van der Waals surface area contributed by atoms with Crippen molar-refractivity contribution in [2.75, 3.05) is 19.1 Å². The lowest BCUT2D eigenvalue weighted by Gasteiger charge is -2.17. The molecule has 1 aromatic heterocycles. The third kappa shape index (κ3) is 3.42. The van der Waals surface area contributed by atoms with E-state index in [0.29, 0.717) is 18.0 Å². The molecule has 0 saturated heterocycles. The number of hydrogen-bond donors (Lipinski definition) is 2. The zero-order valence-electron chi connectivity index (χ0n) is 10.2. The number of rotatable bonds is 6. The van der Waals surface area contributed by atoms with E-state index in [2.05, 4.69) is 10.5 Å². The Bertz CT molecular complexity index is 447. The Labute approximate surface area is 101 Å². The van der Waals surface area contributed by atoms with Crippen molar-refractivity contribution in [2.45, 2.75) is 19.5 Å². The zero-order valence-corrected chi connectivity index (χ0v) is 11.0. The summed E-state index contributed by atoms with van der Waals surface area (Å²) in [5.74, 6) is 5.83. The summed E-state index contributed by atoms with van der Waals surface area (Å²) < 4.78 is 29.5. The molecule has 8 heteroatoms. The molecule has 3 N–H and O–H groups in total. The van der Waals surface area contributed by atoms with E-state index in [1.165, 1.54) is 7.11 Å². The number of aryl methyl sites for hydroxylation is 1. The Morgan fingerprint density at radius 3 is 2.71 bits per heavy atom. The number of nitrogens with zero attached hydrogens (tertiary/aromatic N) is 2. The minimum absolute atomic E-state index is 0.106. The molecule has 98 valence electrons. The number of sulfone groups is 1. The van der Waals surface area contributed by atoms with Crippen LogP contribution in [0.5, 0.6) is 5.75 Å². The van der Waals surface area contributed by atoms with Gasteiger partial charge in [-0.3, -0.25) is 16.0 Å². The molecule has 0 fully saturated rings. The second kappa shape index (κ2) is 5.48. The van der Waals surface area contributed by atoms with Gasteiger partial charge in [-0.15, -0.1) is 0 Å². The molecule has 7 nitrogen and oxygen atoms in total. The van der Waals surface area contributed by atoms with Gasteiger partial charge in [0.1, 0.15) is 9.84 Å². The summed E-state index contributed by atoms with van der Waals surface area (Å²) in [4.78, 5) is 0. The summed E-state index contributed by atoms with van der Waals surface area (Å²) in [5.41, 5.74) is 3.13. The molecule has 17 heavy (non-hydrogen) atoms. The molecule has 1 rings (SSSR count). The Morgan fingerprint density at radius 1 is 1.65 bits per heavy atom. The molecular formula is C9H18N4O3S. The maximum atomic E-state index is 11.3. The van der Waals surface area contributed by atoms with Crippen molar-refractivity contribution < 1.29 is 13.2 Å². The summed E-state index contributed by atoms with van der Waals surface area (Å²) in [6.45, 7) is 2.52. The second-order valence-electron chi connectivity index (χ2n) is 3.73.